The molecule has 3 N–H and O–H groups in total. The van der Waals surface area contributed by atoms with Gasteiger partial charge in [0.15, 0.2) is 0 Å². The molecule has 2 aromatic rings. The first-order chi connectivity index (χ1) is 8.08. The number of hydrogen-bond donors (Lipinski definition) is 2. The number of halogens is 2. The Kier molecular flexibility index (Phi) is 3.33. The van der Waals surface area contributed by atoms with Crippen molar-refractivity contribution in [3.8, 4) is 0 Å². The molecule has 0 unspecified atom stereocenters. The molecule has 0 aromatic heterocycles. The summed E-state index contributed by atoms with van der Waals surface area (Å²) >= 11 is 3.45. The maximum Gasteiger partial charge on any atom is 0.148 e. The van der Waals surface area contributed by atoms with Crippen LogP contribution in [0, 0.1) is 12.7 Å². The fourth-order valence-corrected chi connectivity index (χ4v) is 1.85. The predicted molar refractivity (Wildman–Crippen MR) is 73.0 cm³/mol. The third-order valence-corrected chi connectivity index (χ3v) is 3.36. The van der Waals surface area contributed by atoms with Crippen LogP contribution in [-0.2, 0) is 0 Å². The minimum Gasteiger partial charge on any atom is -0.395 e. The van der Waals surface area contributed by atoms with Crippen LogP contribution >= 0.6 is 15.9 Å². The molecule has 0 bridgehead atoms. The van der Waals surface area contributed by atoms with Crippen LogP contribution in [0.25, 0.3) is 0 Å². The van der Waals surface area contributed by atoms with Crippen LogP contribution in [0.15, 0.2) is 40.9 Å². The molecule has 0 amide bonds. The van der Waals surface area contributed by atoms with Crippen molar-refractivity contribution in [3.05, 3.63) is 52.3 Å². The second-order valence-corrected chi connectivity index (χ2v) is 4.64. The number of para-hydroxylation sites is 1. The van der Waals surface area contributed by atoms with Crippen LogP contribution in [0.2, 0.25) is 0 Å². The normalized spacial score (nSPS) is 10.3. The Hall–Kier alpha value is -1.55. The fraction of sp³-hybridized carbons (Fsp3) is 0.0769. The Bertz CT molecular complexity index is 555. The van der Waals surface area contributed by atoms with Gasteiger partial charge in [0, 0.05) is 10.2 Å². The van der Waals surface area contributed by atoms with E-state index in [9.17, 15) is 4.39 Å². The fourth-order valence-electron chi connectivity index (χ4n) is 1.47. The molecule has 2 nitrogen and oxygen atoms in total. The topological polar surface area (TPSA) is 38.0 Å². The number of anilines is 3. The second kappa shape index (κ2) is 4.75. The minimum atomic E-state index is -0.416. The van der Waals surface area contributed by atoms with Crippen LogP contribution < -0.4 is 11.1 Å². The molecule has 0 fully saturated rings. The van der Waals surface area contributed by atoms with E-state index in [-0.39, 0.29) is 5.69 Å². The van der Waals surface area contributed by atoms with Gasteiger partial charge in [-0.15, -0.1) is 0 Å². The molecule has 2 rings (SSSR count). The highest BCUT2D eigenvalue weighted by molar-refractivity contribution is 9.10. The molecule has 17 heavy (non-hydrogen) atoms. The Morgan fingerprint density at radius 2 is 2.00 bits per heavy atom. The maximum atomic E-state index is 13.3. The lowest BCUT2D eigenvalue weighted by atomic mass is 10.2. The van der Waals surface area contributed by atoms with Crippen molar-refractivity contribution in [3.63, 3.8) is 0 Å². The van der Waals surface area contributed by atoms with Crippen LogP contribution in [0.3, 0.4) is 0 Å². The van der Waals surface area contributed by atoms with Crippen LogP contribution in [0.1, 0.15) is 5.56 Å². The number of nitrogens with one attached hydrogen (secondary N) is 1. The maximum absolute atomic E-state index is 13.3. The molecule has 0 radical (unpaired) electrons. The molecule has 0 atom stereocenters. The molecule has 2 aromatic carbocycles. The average molecular weight is 295 g/mol. The van der Waals surface area contributed by atoms with E-state index in [1.54, 1.807) is 12.1 Å². The zero-order valence-electron chi connectivity index (χ0n) is 9.30. The van der Waals surface area contributed by atoms with Gasteiger partial charge < -0.3 is 11.1 Å². The largest absolute Gasteiger partial charge is 0.395 e. The molecular weight excluding hydrogens is 283 g/mol. The highest BCUT2D eigenvalue weighted by Crippen LogP contribution is 2.27. The molecule has 0 aliphatic heterocycles. The summed E-state index contributed by atoms with van der Waals surface area (Å²) in [5, 5.41) is 3.09. The van der Waals surface area contributed by atoms with E-state index in [4.69, 9.17) is 5.73 Å². The molecular formula is C13H12BrFN2. The first kappa shape index (κ1) is 11.9. The first-order valence-corrected chi connectivity index (χ1v) is 5.94. The van der Waals surface area contributed by atoms with E-state index in [1.165, 1.54) is 6.07 Å². The van der Waals surface area contributed by atoms with Crippen LogP contribution in [0.4, 0.5) is 21.5 Å². The van der Waals surface area contributed by atoms with Crippen molar-refractivity contribution in [1.29, 1.82) is 0 Å². The van der Waals surface area contributed by atoms with Crippen molar-refractivity contribution >= 4 is 33.0 Å². The van der Waals surface area contributed by atoms with Crippen molar-refractivity contribution < 1.29 is 4.39 Å². The predicted octanol–water partition coefficient (Wildman–Crippen LogP) is 4.22. The quantitative estimate of drug-likeness (QED) is 0.814. The summed E-state index contributed by atoms with van der Waals surface area (Å²) in [4.78, 5) is 0. The number of benzene rings is 2. The number of hydrogen-bond acceptors (Lipinski definition) is 2. The van der Waals surface area contributed by atoms with Gasteiger partial charge in [-0.2, -0.15) is 0 Å². The van der Waals surface area contributed by atoms with Crippen molar-refractivity contribution in [2.24, 2.45) is 0 Å². The number of aryl methyl sites for hydroxylation is 1. The summed E-state index contributed by atoms with van der Waals surface area (Å²) in [5.41, 5.74) is 8.35. The van der Waals surface area contributed by atoms with Gasteiger partial charge in [-0.1, -0.05) is 28.1 Å². The van der Waals surface area contributed by atoms with Gasteiger partial charge in [0.05, 0.1) is 11.4 Å². The SMILES string of the molecule is Cc1ccc(Nc2cccc(F)c2N)cc1Br. The molecule has 0 heterocycles. The molecule has 0 saturated heterocycles. The van der Waals surface area contributed by atoms with E-state index >= 15 is 0 Å². The van der Waals surface area contributed by atoms with Gasteiger partial charge in [-0.25, -0.2) is 4.39 Å². The van der Waals surface area contributed by atoms with E-state index in [0.29, 0.717) is 5.69 Å². The highest BCUT2D eigenvalue weighted by atomic mass is 79.9. The Morgan fingerprint density at radius 1 is 1.24 bits per heavy atom. The van der Waals surface area contributed by atoms with Gasteiger partial charge in [0.25, 0.3) is 0 Å². The van der Waals surface area contributed by atoms with Gasteiger partial charge in [-0.3, -0.25) is 0 Å². The van der Waals surface area contributed by atoms with E-state index in [2.05, 4.69) is 21.2 Å². The van der Waals surface area contributed by atoms with E-state index in [1.807, 2.05) is 25.1 Å². The van der Waals surface area contributed by atoms with Crippen LogP contribution in [0.5, 0.6) is 0 Å². The lowest BCUT2D eigenvalue weighted by Crippen LogP contribution is -1.98. The van der Waals surface area contributed by atoms with Crippen molar-refractivity contribution in [1.82, 2.24) is 0 Å². The molecule has 88 valence electrons. The molecule has 0 spiro atoms. The zero-order valence-corrected chi connectivity index (χ0v) is 10.9. The van der Waals surface area contributed by atoms with Crippen molar-refractivity contribution in [2.45, 2.75) is 6.92 Å². The van der Waals surface area contributed by atoms with Gasteiger partial charge in [0.2, 0.25) is 0 Å². The third-order valence-electron chi connectivity index (χ3n) is 2.50. The van der Waals surface area contributed by atoms with Gasteiger partial charge >= 0.3 is 0 Å². The lowest BCUT2D eigenvalue weighted by molar-refractivity contribution is 0.633. The lowest BCUT2D eigenvalue weighted by Gasteiger charge is -2.10. The summed E-state index contributed by atoms with van der Waals surface area (Å²) in [7, 11) is 0. The van der Waals surface area contributed by atoms with Gasteiger partial charge in [-0.05, 0) is 36.8 Å². The van der Waals surface area contributed by atoms with E-state index in [0.717, 1.165) is 15.7 Å². The zero-order chi connectivity index (χ0) is 12.4. The number of rotatable bonds is 2. The smallest absolute Gasteiger partial charge is 0.148 e. The van der Waals surface area contributed by atoms with Crippen LogP contribution in [-0.4, -0.2) is 0 Å². The summed E-state index contributed by atoms with van der Waals surface area (Å²) in [5.74, 6) is -0.416. The average Bonchev–Trinajstić information content (AvgIpc) is 2.30. The highest BCUT2D eigenvalue weighted by Gasteiger charge is 2.05. The van der Waals surface area contributed by atoms with Crippen molar-refractivity contribution in [2.75, 3.05) is 11.1 Å². The molecule has 0 aliphatic rings. The van der Waals surface area contributed by atoms with Gasteiger partial charge in [0.1, 0.15) is 5.82 Å². The standard InChI is InChI=1S/C13H12BrFN2/c1-8-5-6-9(7-10(8)14)17-12-4-2-3-11(15)13(12)16/h2-7,17H,16H2,1H3. The summed E-state index contributed by atoms with van der Waals surface area (Å²) in [6, 6.07) is 10.5. The molecule has 0 saturated carbocycles. The Morgan fingerprint density at radius 3 is 2.71 bits per heavy atom. The second-order valence-electron chi connectivity index (χ2n) is 3.79. The summed E-state index contributed by atoms with van der Waals surface area (Å²) < 4.78 is 14.2. The summed E-state index contributed by atoms with van der Waals surface area (Å²) in [6.45, 7) is 2.00. The Balaban J connectivity index is 2.31. The number of nitrogen functional groups attached to an aromatic ring is 1. The summed E-state index contributed by atoms with van der Waals surface area (Å²) in [6.07, 6.45) is 0. The molecule has 0 aliphatic carbocycles. The third kappa shape index (κ3) is 2.58. The Labute approximate surface area is 108 Å². The molecule has 4 heteroatoms. The first-order valence-electron chi connectivity index (χ1n) is 5.15. The monoisotopic (exact) mass is 294 g/mol. The number of nitrogens with two attached hydrogens (primary N) is 1. The minimum absolute atomic E-state index is 0.129. The van der Waals surface area contributed by atoms with E-state index < -0.39 is 5.82 Å².